The summed E-state index contributed by atoms with van der Waals surface area (Å²) in [5.41, 5.74) is -0.160. The molecule has 0 aliphatic carbocycles. The first-order valence-electron chi connectivity index (χ1n) is 4.73. The second-order valence-electron chi connectivity index (χ2n) is 3.42. The quantitative estimate of drug-likeness (QED) is 0.847. The minimum Gasteiger partial charge on any atom is -0.478 e. The molecular formula is C11H10ClNO4S. The molecule has 0 aromatic heterocycles. The lowest BCUT2D eigenvalue weighted by atomic mass is 10.2. The van der Waals surface area contributed by atoms with Gasteiger partial charge in [-0.2, -0.15) is 4.31 Å². The molecule has 1 rings (SSSR count). The third-order valence-corrected chi connectivity index (χ3v) is 4.47. The number of sulfonamides is 1. The Hall–Kier alpha value is -1.55. The molecule has 7 heteroatoms. The number of carbonyl (C=O) groups is 1. The summed E-state index contributed by atoms with van der Waals surface area (Å²) in [6, 6.07) is 3.46. The van der Waals surface area contributed by atoms with Gasteiger partial charge in [-0.15, -0.1) is 6.42 Å². The van der Waals surface area contributed by atoms with Crippen molar-refractivity contribution in [2.45, 2.75) is 4.90 Å². The van der Waals surface area contributed by atoms with Gasteiger partial charge in [0.25, 0.3) is 0 Å². The lowest BCUT2D eigenvalue weighted by Gasteiger charge is -2.15. The van der Waals surface area contributed by atoms with Gasteiger partial charge in [-0.1, -0.05) is 17.5 Å². The number of terminal acetylenes is 1. The molecule has 0 aliphatic rings. The topological polar surface area (TPSA) is 74.7 Å². The molecule has 1 aromatic carbocycles. The van der Waals surface area contributed by atoms with E-state index in [2.05, 4.69) is 5.92 Å². The number of carboxylic acid groups (broad SMARTS) is 1. The second kappa shape index (κ2) is 5.40. The zero-order chi connectivity index (χ0) is 13.9. The van der Waals surface area contributed by atoms with Crippen LogP contribution in [0.25, 0.3) is 0 Å². The molecule has 1 aromatic rings. The Morgan fingerprint density at radius 2 is 2.17 bits per heavy atom. The first-order chi connectivity index (χ1) is 8.30. The van der Waals surface area contributed by atoms with Gasteiger partial charge < -0.3 is 5.11 Å². The Bertz CT molecular complexity index is 618. The average Bonchev–Trinajstić information content (AvgIpc) is 2.29. The van der Waals surface area contributed by atoms with E-state index in [1.165, 1.54) is 19.2 Å². The Morgan fingerprint density at radius 3 is 2.67 bits per heavy atom. The summed E-state index contributed by atoms with van der Waals surface area (Å²) < 4.78 is 25.1. The summed E-state index contributed by atoms with van der Waals surface area (Å²) in [5, 5.41) is 8.77. The van der Waals surface area contributed by atoms with Crippen LogP contribution in [0.1, 0.15) is 10.4 Å². The number of hydrogen-bond donors (Lipinski definition) is 1. The summed E-state index contributed by atoms with van der Waals surface area (Å²) in [5.74, 6) is 0.954. The predicted octanol–water partition coefficient (Wildman–Crippen LogP) is 1.29. The molecule has 1 N–H and O–H groups in total. The van der Waals surface area contributed by atoms with Gasteiger partial charge in [0, 0.05) is 7.05 Å². The largest absolute Gasteiger partial charge is 0.478 e. The maximum Gasteiger partial charge on any atom is 0.335 e. The van der Waals surface area contributed by atoms with Crippen LogP contribution in [0.5, 0.6) is 0 Å². The van der Waals surface area contributed by atoms with Gasteiger partial charge in [0.2, 0.25) is 10.0 Å². The SMILES string of the molecule is C#CCN(C)S(=O)(=O)c1cc(C(=O)O)ccc1Cl. The lowest BCUT2D eigenvalue weighted by Crippen LogP contribution is -2.27. The van der Waals surface area contributed by atoms with Crippen LogP contribution in [0.15, 0.2) is 23.1 Å². The number of aromatic carboxylic acids is 1. The van der Waals surface area contributed by atoms with Gasteiger partial charge in [0.05, 0.1) is 17.1 Å². The Kier molecular flexibility index (Phi) is 4.35. The van der Waals surface area contributed by atoms with Gasteiger partial charge in [-0.25, -0.2) is 13.2 Å². The molecule has 0 bridgehead atoms. The number of rotatable bonds is 4. The average molecular weight is 288 g/mol. The van der Waals surface area contributed by atoms with Gasteiger partial charge in [0.1, 0.15) is 4.90 Å². The van der Waals surface area contributed by atoms with Gasteiger partial charge in [0.15, 0.2) is 0 Å². The van der Waals surface area contributed by atoms with Crippen molar-refractivity contribution in [2.75, 3.05) is 13.6 Å². The molecule has 0 saturated heterocycles. The highest BCUT2D eigenvalue weighted by Crippen LogP contribution is 2.25. The van der Waals surface area contributed by atoms with Crippen LogP contribution in [-0.2, 0) is 10.0 Å². The highest BCUT2D eigenvalue weighted by molar-refractivity contribution is 7.89. The maximum absolute atomic E-state index is 12.1. The summed E-state index contributed by atoms with van der Waals surface area (Å²) in [6.45, 7) is -0.129. The fraction of sp³-hybridized carbons (Fsp3) is 0.182. The predicted molar refractivity (Wildman–Crippen MR) is 67.1 cm³/mol. The molecule has 0 amide bonds. The monoisotopic (exact) mass is 287 g/mol. The minimum absolute atomic E-state index is 0.0520. The van der Waals surface area contributed by atoms with E-state index in [9.17, 15) is 13.2 Å². The summed E-state index contributed by atoms with van der Waals surface area (Å²) in [4.78, 5) is 10.5. The van der Waals surface area contributed by atoms with Crippen molar-refractivity contribution in [3.8, 4) is 12.3 Å². The van der Waals surface area contributed by atoms with Crippen molar-refractivity contribution in [3.63, 3.8) is 0 Å². The van der Waals surface area contributed by atoms with Crippen LogP contribution in [-0.4, -0.2) is 37.4 Å². The van der Waals surface area contributed by atoms with Crippen LogP contribution >= 0.6 is 11.6 Å². The molecule has 18 heavy (non-hydrogen) atoms. The van der Waals surface area contributed by atoms with Crippen molar-refractivity contribution in [1.29, 1.82) is 0 Å². The molecule has 0 saturated carbocycles. The van der Waals surface area contributed by atoms with Gasteiger partial charge >= 0.3 is 5.97 Å². The van der Waals surface area contributed by atoms with Crippen LogP contribution in [0.4, 0.5) is 0 Å². The maximum atomic E-state index is 12.1. The van der Waals surface area contributed by atoms with Crippen molar-refractivity contribution in [1.82, 2.24) is 4.31 Å². The Balaban J connectivity index is 3.37. The first-order valence-corrected chi connectivity index (χ1v) is 6.55. The molecule has 0 radical (unpaired) electrons. The Morgan fingerprint density at radius 1 is 1.56 bits per heavy atom. The molecule has 0 heterocycles. The number of hydrogen-bond acceptors (Lipinski definition) is 3. The van der Waals surface area contributed by atoms with E-state index in [0.717, 1.165) is 10.4 Å². The molecular weight excluding hydrogens is 278 g/mol. The second-order valence-corrected chi connectivity index (χ2v) is 5.84. The number of benzene rings is 1. The lowest BCUT2D eigenvalue weighted by molar-refractivity contribution is 0.0696. The zero-order valence-electron chi connectivity index (χ0n) is 9.42. The fourth-order valence-corrected chi connectivity index (χ4v) is 2.80. The summed E-state index contributed by atoms with van der Waals surface area (Å²) in [6.07, 6.45) is 5.04. The number of halogens is 1. The summed E-state index contributed by atoms with van der Waals surface area (Å²) >= 11 is 5.78. The highest BCUT2D eigenvalue weighted by atomic mass is 35.5. The van der Waals surface area contributed by atoms with Crippen molar-refractivity contribution in [2.24, 2.45) is 0 Å². The smallest absolute Gasteiger partial charge is 0.335 e. The van der Waals surface area contributed by atoms with E-state index in [1.54, 1.807) is 0 Å². The Labute approximate surface area is 110 Å². The van der Waals surface area contributed by atoms with Gasteiger partial charge in [-0.3, -0.25) is 0 Å². The first kappa shape index (κ1) is 14.5. The summed E-state index contributed by atoms with van der Waals surface area (Å²) in [7, 11) is -2.60. The van der Waals surface area contributed by atoms with Crippen LogP contribution in [0.2, 0.25) is 5.02 Å². The molecule has 0 atom stereocenters. The van der Waals surface area contributed by atoms with Gasteiger partial charge in [-0.05, 0) is 18.2 Å². The van der Waals surface area contributed by atoms with Crippen molar-refractivity contribution >= 4 is 27.6 Å². The third-order valence-electron chi connectivity index (χ3n) is 2.18. The number of carboxylic acids is 1. The standard InChI is InChI=1S/C11H10ClNO4S/c1-3-6-13(2)18(16,17)10-7-8(11(14)15)4-5-9(10)12/h1,4-5,7H,6H2,2H3,(H,14,15). The van der Waals surface area contributed by atoms with Crippen LogP contribution in [0.3, 0.4) is 0 Å². The normalized spacial score (nSPS) is 11.2. The molecule has 0 fully saturated rings. The van der Waals surface area contributed by atoms with E-state index in [0.29, 0.717) is 0 Å². The van der Waals surface area contributed by atoms with E-state index >= 15 is 0 Å². The van der Waals surface area contributed by atoms with Crippen molar-refractivity contribution < 1.29 is 18.3 Å². The molecule has 0 unspecified atom stereocenters. The van der Waals surface area contributed by atoms with Crippen molar-refractivity contribution in [3.05, 3.63) is 28.8 Å². The number of nitrogens with zero attached hydrogens (tertiary/aromatic N) is 1. The molecule has 0 spiro atoms. The molecule has 96 valence electrons. The fourth-order valence-electron chi connectivity index (χ4n) is 1.22. The van der Waals surface area contributed by atoms with E-state index in [-0.39, 0.29) is 22.0 Å². The van der Waals surface area contributed by atoms with Crippen LogP contribution < -0.4 is 0 Å². The van der Waals surface area contributed by atoms with E-state index in [1.807, 2.05) is 0 Å². The van der Waals surface area contributed by atoms with E-state index < -0.39 is 16.0 Å². The molecule has 5 nitrogen and oxygen atoms in total. The highest BCUT2D eigenvalue weighted by Gasteiger charge is 2.24. The molecule has 0 aliphatic heterocycles. The minimum atomic E-state index is -3.89. The third kappa shape index (κ3) is 2.82. The van der Waals surface area contributed by atoms with Crippen LogP contribution in [0, 0.1) is 12.3 Å². The zero-order valence-corrected chi connectivity index (χ0v) is 11.0. The van der Waals surface area contributed by atoms with E-state index in [4.69, 9.17) is 23.1 Å².